The Morgan fingerprint density at radius 2 is 2.05 bits per heavy atom. The lowest BCUT2D eigenvalue weighted by Gasteiger charge is -2.19. The molecule has 110 valence electrons. The number of rotatable bonds is 5. The van der Waals surface area contributed by atoms with Gasteiger partial charge in [-0.15, -0.1) is 5.10 Å². The van der Waals surface area contributed by atoms with Crippen LogP contribution in [0.5, 0.6) is 0 Å². The fraction of sp³-hybridized carbons (Fsp3) is 0.615. The predicted molar refractivity (Wildman–Crippen MR) is 78.6 cm³/mol. The molecule has 2 rings (SSSR count). The molecular formula is C13H21ClN6. The largest absolute Gasteiger partial charge is 0.306 e. The van der Waals surface area contributed by atoms with E-state index in [9.17, 15) is 0 Å². The fourth-order valence-electron chi connectivity index (χ4n) is 1.73. The summed E-state index contributed by atoms with van der Waals surface area (Å²) in [5.74, 6) is 0. The third-order valence-electron chi connectivity index (χ3n) is 2.97. The lowest BCUT2D eigenvalue weighted by Crippen LogP contribution is -2.35. The number of nitrogens with zero attached hydrogens (tertiary/aromatic N) is 5. The summed E-state index contributed by atoms with van der Waals surface area (Å²) >= 11 is 5.97. The zero-order chi connectivity index (χ0) is 14.8. The Morgan fingerprint density at radius 3 is 2.65 bits per heavy atom. The first-order chi connectivity index (χ1) is 9.35. The smallest absolute Gasteiger partial charge is 0.0965 e. The Labute approximate surface area is 124 Å². The molecule has 0 radical (unpaired) electrons. The molecule has 0 unspecified atom stereocenters. The van der Waals surface area contributed by atoms with Crippen molar-refractivity contribution in [2.45, 2.75) is 52.9 Å². The average Bonchev–Trinajstić information content (AvgIpc) is 2.93. The van der Waals surface area contributed by atoms with Gasteiger partial charge < -0.3 is 5.32 Å². The molecule has 0 aliphatic carbocycles. The van der Waals surface area contributed by atoms with Crippen molar-refractivity contribution in [2.24, 2.45) is 0 Å². The number of hydrogen-bond donors (Lipinski definition) is 1. The van der Waals surface area contributed by atoms with E-state index in [0.717, 1.165) is 31.0 Å². The first kappa shape index (κ1) is 15.0. The number of aromatic nitrogens is 5. The van der Waals surface area contributed by atoms with Gasteiger partial charge in [-0.25, -0.2) is 0 Å². The van der Waals surface area contributed by atoms with Crippen LogP contribution in [0.4, 0.5) is 0 Å². The minimum Gasteiger partial charge on any atom is -0.306 e. The van der Waals surface area contributed by atoms with Gasteiger partial charge in [0.1, 0.15) is 0 Å². The van der Waals surface area contributed by atoms with Crippen LogP contribution in [0.25, 0.3) is 0 Å². The molecular weight excluding hydrogens is 276 g/mol. The molecule has 0 saturated carbocycles. The van der Waals surface area contributed by atoms with Crippen molar-refractivity contribution in [1.29, 1.82) is 0 Å². The maximum absolute atomic E-state index is 5.97. The minimum absolute atomic E-state index is 0.0761. The second-order valence-corrected chi connectivity index (χ2v) is 6.28. The summed E-state index contributed by atoms with van der Waals surface area (Å²) in [7, 11) is 0. The van der Waals surface area contributed by atoms with Crippen LogP contribution in [-0.4, -0.2) is 30.3 Å². The molecule has 20 heavy (non-hydrogen) atoms. The van der Waals surface area contributed by atoms with Crippen molar-refractivity contribution in [2.75, 3.05) is 0 Å². The number of nitrogens with one attached hydrogen (secondary N) is 1. The fourth-order valence-corrected chi connectivity index (χ4v) is 1.87. The SMILES string of the molecule is Cc1c(Cl)cnn1CCn1cc(CNC(C)(C)C)nn1. The Kier molecular flexibility index (Phi) is 4.45. The standard InChI is InChI=1S/C13H21ClN6/c1-10-12(14)8-16-20(10)6-5-19-9-11(17-18-19)7-15-13(2,3)4/h8-9,15H,5-7H2,1-4H3. The molecule has 0 bridgehead atoms. The predicted octanol–water partition coefficient (Wildman–Crippen LogP) is 2.02. The monoisotopic (exact) mass is 296 g/mol. The average molecular weight is 297 g/mol. The Bertz CT molecular complexity index is 566. The third-order valence-corrected chi connectivity index (χ3v) is 3.34. The van der Waals surface area contributed by atoms with Gasteiger partial charge in [-0.2, -0.15) is 5.10 Å². The summed E-state index contributed by atoms with van der Waals surface area (Å²) in [6.07, 6.45) is 3.62. The molecule has 0 spiro atoms. The van der Waals surface area contributed by atoms with Gasteiger partial charge >= 0.3 is 0 Å². The van der Waals surface area contributed by atoms with E-state index in [1.54, 1.807) is 6.20 Å². The topological polar surface area (TPSA) is 60.6 Å². The van der Waals surface area contributed by atoms with Crippen LogP contribution < -0.4 is 5.32 Å². The van der Waals surface area contributed by atoms with Crippen molar-refractivity contribution >= 4 is 11.6 Å². The summed E-state index contributed by atoms with van der Waals surface area (Å²) in [6.45, 7) is 10.5. The van der Waals surface area contributed by atoms with Crippen molar-refractivity contribution < 1.29 is 0 Å². The molecule has 0 atom stereocenters. The molecule has 0 aromatic carbocycles. The van der Waals surface area contributed by atoms with Gasteiger partial charge in [0.15, 0.2) is 0 Å². The number of hydrogen-bond acceptors (Lipinski definition) is 4. The zero-order valence-corrected chi connectivity index (χ0v) is 13.1. The van der Waals surface area contributed by atoms with Crippen molar-refractivity contribution in [3.63, 3.8) is 0 Å². The molecule has 0 amide bonds. The second-order valence-electron chi connectivity index (χ2n) is 5.88. The van der Waals surface area contributed by atoms with Gasteiger partial charge in [0.2, 0.25) is 0 Å². The highest BCUT2D eigenvalue weighted by molar-refractivity contribution is 6.31. The lowest BCUT2D eigenvalue weighted by molar-refractivity contribution is 0.421. The molecule has 0 aliphatic heterocycles. The van der Waals surface area contributed by atoms with E-state index < -0.39 is 0 Å². The summed E-state index contributed by atoms with van der Waals surface area (Å²) in [5, 5.41) is 16.6. The van der Waals surface area contributed by atoms with Crippen LogP contribution >= 0.6 is 11.6 Å². The quantitative estimate of drug-likeness (QED) is 0.917. The van der Waals surface area contributed by atoms with E-state index in [0.29, 0.717) is 5.02 Å². The highest BCUT2D eigenvalue weighted by atomic mass is 35.5. The van der Waals surface area contributed by atoms with E-state index >= 15 is 0 Å². The lowest BCUT2D eigenvalue weighted by atomic mass is 10.1. The van der Waals surface area contributed by atoms with Gasteiger partial charge in [0, 0.05) is 18.3 Å². The molecule has 0 saturated heterocycles. The van der Waals surface area contributed by atoms with E-state index in [-0.39, 0.29) is 5.54 Å². The van der Waals surface area contributed by atoms with Crippen LogP contribution in [-0.2, 0) is 19.6 Å². The Morgan fingerprint density at radius 1 is 1.30 bits per heavy atom. The second kappa shape index (κ2) is 5.93. The van der Waals surface area contributed by atoms with Gasteiger partial charge in [0.05, 0.1) is 35.7 Å². The van der Waals surface area contributed by atoms with E-state index in [4.69, 9.17) is 11.6 Å². The molecule has 2 aromatic heterocycles. The van der Waals surface area contributed by atoms with Crippen molar-refractivity contribution in [3.8, 4) is 0 Å². The van der Waals surface area contributed by atoms with Gasteiger partial charge in [-0.05, 0) is 27.7 Å². The number of aryl methyl sites for hydroxylation is 2. The molecule has 7 heteroatoms. The van der Waals surface area contributed by atoms with Crippen LogP contribution in [0.1, 0.15) is 32.2 Å². The van der Waals surface area contributed by atoms with E-state index in [1.807, 2.05) is 22.5 Å². The first-order valence-corrected chi connectivity index (χ1v) is 7.05. The van der Waals surface area contributed by atoms with Crippen molar-refractivity contribution in [3.05, 3.63) is 28.8 Å². The Balaban J connectivity index is 1.88. The van der Waals surface area contributed by atoms with Crippen LogP contribution in [0.3, 0.4) is 0 Å². The molecule has 0 aliphatic rings. The normalized spacial score (nSPS) is 12.1. The van der Waals surface area contributed by atoms with E-state index in [1.165, 1.54) is 0 Å². The summed E-state index contributed by atoms with van der Waals surface area (Å²) < 4.78 is 3.70. The highest BCUT2D eigenvalue weighted by Gasteiger charge is 2.10. The van der Waals surface area contributed by atoms with Gasteiger partial charge in [-0.3, -0.25) is 9.36 Å². The maximum atomic E-state index is 5.97. The summed E-state index contributed by atoms with van der Waals surface area (Å²) in [4.78, 5) is 0. The molecule has 6 nitrogen and oxygen atoms in total. The molecule has 0 fully saturated rings. The van der Waals surface area contributed by atoms with Gasteiger partial charge in [-0.1, -0.05) is 16.8 Å². The van der Waals surface area contributed by atoms with Crippen LogP contribution in [0, 0.1) is 6.92 Å². The molecule has 1 N–H and O–H groups in total. The van der Waals surface area contributed by atoms with Crippen LogP contribution in [0.2, 0.25) is 5.02 Å². The van der Waals surface area contributed by atoms with Crippen molar-refractivity contribution in [1.82, 2.24) is 30.1 Å². The van der Waals surface area contributed by atoms with E-state index in [2.05, 4.69) is 41.5 Å². The zero-order valence-electron chi connectivity index (χ0n) is 12.4. The molecule has 2 heterocycles. The van der Waals surface area contributed by atoms with Gasteiger partial charge in [0.25, 0.3) is 0 Å². The first-order valence-electron chi connectivity index (χ1n) is 6.67. The Hall–Kier alpha value is -1.40. The summed E-state index contributed by atoms with van der Waals surface area (Å²) in [5.41, 5.74) is 1.99. The van der Waals surface area contributed by atoms with Crippen LogP contribution in [0.15, 0.2) is 12.4 Å². The maximum Gasteiger partial charge on any atom is 0.0965 e. The highest BCUT2D eigenvalue weighted by Crippen LogP contribution is 2.13. The minimum atomic E-state index is 0.0761. The molecule has 2 aromatic rings. The number of halogens is 1. The summed E-state index contributed by atoms with van der Waals surface area (Å²) in [6, 6.07) is 0. The third kappa shape index (κ3) is 4.05.